The predicted octanol–water partition coefficient (Wildman–Crippen LogP) is 5.57. The molecule has 0 saturated heterocycles. The third kappa shape index (κ3) is 5.71. The molecule has 1 amide bonds. The van der Waals surface area contributed by atoms with Crippen LogP contribution >= 0.6 is 11.6 Å². The van der Waals surface area contributed by atoms with Crippen LogP contribution in [0, 0.1) is 5.82 Å². The van der Waals surface area contributed by atoms with Crippen LogP contribution in [0.5, 0.6) is 0 Å². The number of sulfonamides is 1. The van der Waals surface area contributed by atoms with Gasteiger partial charge in [-0.25, -0.2) is 12.8 Å². The third-order valence-electron chi connectivity index (χ3n) is 5.90. The standard InChI is InChI=1S/C25H21ClF4N2O3S/c26-21-10-9-18-14-32(36(34,35)15-16-5-2-1-3-6-16)12-11-19(18)24(21)31-22(33)13-17-7-4-8-20(23(17)27)25(28,29)30/h1-10H,11-15H2,(H,31,33). The number of nitrogens with one attached hydrogen (secondary N) is 1. The summed E-state index contributed by atoms with van der Waals surface area (Å²) in [5, 5.41) is 2.77. The van der Waals surface area contributed by atoms with E-state index in [-0.39, 0.29) is 36.0 Å². The summed E-state index contributed by atoms with van der Waals surface area (Å²) in [6.45, 7) is 0.237. The molecule has 0 aromatic heterocycles. The van der Waals surface area contributed by atoms with Crippen LogP contribution in [-0.2, 0) is 46.1 Å². The van der Waals surface area contributed by atoms with E-state index in [9.17, 15) is 30.8 Å². The molecule has 4 rings (SSSR count). The fraction of sp³-hybridized carbons (Fsp3) is 0.240. The Labute approximate surface area is 210 Å². The topological polar surface area (TPSA) is 66.5 Å². The Hall–Kier alpha value is -2.95. The Bertz CT molecular complexity index is 1400. The number of halogens is 5. The number of hydrogen-bond acceptors (Lipinski definition) is 3. The molecule has 1 N–H and O–H groups in total. The van der Waals surface area contributed by atoms with E-state index in [1.54, 1.807) is 36.4 Å². The second-order valence-electron chi connectivity index (χ2n) is 8.39. The first-order chi connectivity index (χ1) is 17.0. The molecular formula is C25H21ClF4N2O3S. The first kappa shape index (κ1) is 26.1. The molecule has 190 valence electrons. The summed E-state index contributed by atoms with van der Waals surface area (Å²) in [4.78, 5) is 12.6. The number of alkyl halides is 3. The molecule has 1 aliphatic rings. The zero-order valence-corrected chi connectivity index (χ0v) is 20.4. The van der Waals surface area contributed by atoms with Gasteiger partial charge in [0.15, 0.2) is 0 Å². The number of hydrogen-bond donors (Lipinski definition) is 1. The minimum Gasteiger partial charge on any atom is -0.324 e. The lowest BCUT2D eigenvalue weighted by atomic mass is 9.98. The summed E-state index contributed by atoms with van der Waals surface area (Å²) in [6, 6.07) is 14.7. The molecular weight excluding hydrogens is 520 g/mol. The van der Waals surface area contributed by atoms with Crippen LogP contribution in [0.15, 0.2) is 60.7 Å². The molecule has 1 aliphatic heterocycles. The van der Waals surface area contributed by atoms with Crippen LogP contribution in [0.1, 0.15) is 27.8 Å². The Balaban J connectivity index is 1.52. The van der Waals surface area contributed by atoms with Crippen LogP contribution in [0.2, 0.25) is 5.02 Å². The number of rotatable bonds is 6. The molecule has 0 atom stereocenters. The van der Waals surface area contributed by atoms with E-state index >= 15 is 0 Å². The predicted molar refractivity (Wildman–Crippen MR) is 128 cm³/mol. The molecule has 11 heteroatoms. The zero-order chi connectivity index (χ0) is 26.1. The average molecular weight is 541 g/mol. The van der Waals surface area contributed by atoms with Crippen LogP contribution in [0.4, 0.5) is 23.2 Å². The lowest BCUT2D eigenvalue weighted by Gasteiger charge is -2.30. The van der Waals surface area contributed by atoms with E-state index < -0.39 is 45.5 Å². The van der Waals surface area contributed by atoms with Gasteiger partial charge in [-0.1, -0.05) is 60.1 Å². The number of benzene rings is 3. The monoisotopic (exact) mass is 540 g/mol. The highest BCUT2D eigenvalue weighted by Gasteiger charge is 2.35. The van der Waals surface area contributed by atoms with Gasteiger partial charge in [-0.15, -0.1) is 0 Å². The van der Waals surface area contributed by atoms with Crippen molar-refractivity contribution in [3.8, 4) is 0 Å². The van der Waals surface area contributed by atoms with Gasteiger partial charge < -0.3 is 5.32 Å². The molecule has 0 fully saturated rings. The molecule has 36 heavy (non-hydrogen) atoms. The fourth-order valence-electron chi connectivity index (χ4n) is 4.14. The second kappa shape index (κ2) is 10.2. The van der Waals surface area contributed by atoms with Crippen molar-refractivity contribution in [2.45, 2.75) is 31.3 Å². The molecule has 0 radical (unpaired) electrons. The van der Waals surface area contributed by atoms with E-state index in [1.807, 2.05) is 0 Å². The van der Waals surface area contributed by atoms with Crippen LogP contribution in [-0.4, -0.2) is 25.2 Å². The van der Waals surface area contributed by atoms with Gasteiger partial charge in [-0.3, -0.25) is 4.79 Å². The summed E-state index contributed by atoms with van der Waals surface area (Å²) in [5.74, 6) is -2.40. The van der Waals surface area contributed by atoms with Gasteiger partial charge in [0.05, 0.1) is 28.4 Å². The quantitative estimate of drug-likeness (QED) is 0.416. The molecule has 0 spiro atoms. The van der Waals surface area contributed by atoms with Crippen LogP contribution in [0.25, 0.3) is 0 Å². The Morgan fingerprint density at radius 2 is 1.75 bits per heavy atom. The first-order valence-electron chi connectivity index (χ1n) is 10.9. The molecule has 0 unspecified atom stereocenters. The summed E-state index contributed by atoms with van der Waals surface area (Å²) in [6.07, 6.45) is -5.25. The maximum absolute atomic E-state index is 14.3. The summed E-state index contributed by atoms with van der Waals surface area (Å²) in [7, 11) is -3.61. The molecule has 0 saturated carbocycles. The van der Waals surface area contributed by atoms with E-state index in [4.69, 9.17) is 11.6 Å². The van der Waals surface area contributed by atoms with Crippen molar-refractivity contribution in [3.05, 3.63) is 99.3 Å². The van der Waals surface area contributed by atoms with Crippen molar-refractivity contribution in [3.63, 3.8) is 0 Å². The molecule has 3 aromatic rings. The minimum atomic E-state index is -4.88. The molecule has 1 heterocycles. The Kier molecular flexibility index (Phi) is 7.40. The summed E-state index contributed by atoms with van der Waals surface area (Å²) < 4.78 is 80.6. The molecule has 0 bridgehead atoms. The largest absolute Gasteiger partial charge is 0.419 e. The van der Waals surface area contributed by atoms with E-state index in [0.29, 0.717) is 22.8 Å². The number of carbonyl (C=O) groups is 1. The van der Waals surface area contributed by atoms with Crippen molar-refractivity contribution >= 4 is 33.2 Å². The second-order valence-corrected chi connectivity index (χ2v) is 10.8. The van der Waals surface area contributed by atoms with Gasteiger partial charge in [-0.2, -0.15) is 17.5 Å². The summed E-state index contributed by atoms with van der Waals surface area (Å²) in [5.41, 5.74) is 0.330. The number of nitrogens with zero attached hydrogens (tertiary/aromatic N) is 1. The average Bonchev–Trinajstić information content (AvgIpc) is 2.81. The number of fused-ring (bicyclic) bond motifs is 1. The van der Waals surface area contributed by atoms with Crippen molar-refractivity contribution < 1.29 is 30.8 Å². The van der Waals surface area contributed by atoms with Crippen molar-refractivity contribution in [1.82, 2.24) is 4.31 Å². The van der Waals surface area contributed by atoms with E-state index in [0.717, 1.165) is 12.1 Å². The number of carbonyl (C=O) groups excluding carboxylic acids is 1. The Morgan fingerprint density at radius 1 is 1.03 bits per heavy atom. The summed E-state index contributed by atoms with van der Waals surface area (Å²) >= 11 is 6.29. The highest BCUT2D eigenvalue weighted by molar-refractivity contribution is 7.88. The Morgan fingerprint density at radius 3 is 2.44 bits per heavy atom. The highest BCUT2D eigenvalue weighted by Crippen LogP contribution is 2.35. The van der Waals surface area contributed by atoms with Crippen LogP contribution in [0.3, 0.4) is 0 Å². The highest BCUT2D eigenvalue weighted by atomic mass is 35.5. The molecule has 3 aromatic carbocycles. The van der Waals surface area contributed by atoms with E-state index in [2.05, 4.69) is 5.32 Å². The maximum Gasteiger partial charge on any atom is 0.419 e. The van der Waals surface area contributed by atoms with Crippen molar-refractivity contribution in [2.75, 3.05) is 11.9 Å². The van der Waals surface area contributed by atoms with Gasteiger partial charge in [0.1, 0.15) is 5.82 Å². The van der Waals surface area contributed by atoms with Gasteiger partial charge >= 0.3 is 6.18 Å². The fourth-order valence-corrected chi connectivity index (χ4v) is 5.87. The smallest absolute Gasteiger partial charge is 0.324 e. The maximum atomic E-state index is 14.3. The molecule has 5 nitrogen and oxygen atoms in total. The third-order valence-corrected chi connectivity index (χ3v) is 8.01. The number of amides is 1. The lowest BCUT2D eigenvalue weighted by Crippen LogP contribution is -2.37. The van der Waals surface area contributed by atoms with Gasteiger partial charge in [0.2, 0.25) is 15.9 Å². The zero-order valence-electron chi connectivity index (χ0n) is 18.8. The van der Waals surface area contributed by atoms with Crippen LogP contribution < -0.4 is 5.32 Å². The van der Waals surface area contributed by atoms with Gasteiger partial charge in [-0.05, 0) is 40.8 Å². The first-order valence-corrected chi connectivity index (χ1v) is 12.9. The van der Waals surface area contributed by atoms with Gasteiger partial charge in [0.25, 0.3) is 0 Å². The molecule has 0 aliphatic carbocycles. The SMILES string of the molecule is O=C(Cc1cccc(C(F)(F)F)c1F)Nc1c(Cl)ccc2c1CCN(S(=O)(=O)Cc1ccccc1)C2. The van der Waals surface area contributed by atoms with E-state index in [1.165, 1.54) is 10.4 Å². The lowest BCUT2D eigenvalue weighted by molar-refractivity contribution is -0.140. The van der Waals surface area contributed by atoms with Crippen molar-refractivity contribution in [1.29, 1.82) is 0 Å². The van der Waals surface area contributed by atoms with Crippen molar-refractivity contribution in [2.24, 2.45) is 0 Å². The normalized spacial score (nSPS) is 14.4. The van der Waals surface area contributed by atoms with Gasteiger partial charge in [0, 0.05) is 13.1 Å². The minimum absolute atomic E-state index is 0.0762. The number of anilines is 1.